The third-order valence-corrected chi connectivity index (χ3v) is 3.47. The van der Waals surface area contributed by atoms with Gasteiger partial charge in [-0.05, 0) is 23.5 Å². The van der Waals surface area contributed by atoms with E-state index in [0.717, 1.165) is 6.54 Å². The van der Waals surface area contributed by atoms with Crippen molar-refractivity contribution >= 4 is 0 Å². The fourth-order valence-corrected chi connectivity index (χ4v) is 2.19. The summed E-state index contributed by atoms with van der Waals surface area (Å²) in [4.78, 5) is 0. The highest BCUT2D eigenvalue weighted by molar-refractivity contribution is 5.40. The number of rotatable bonds is 5. The van der Waals surface area contributed by atoms with Crippen LogP contribution in [-0.4, -0.2) is 24.3 Å². The third kappa shape index (κ3) is 2.45. The average molecular weight is 219 g/mol. The standard InChI is InChI=1S/C14H21NO/c1-10(2)14(16)9-15-8-12-7-11-5-3-4-6-13(11)12/h3-6,10,12,14-16H,7-9H2,1-2H3. The van der Waals surface area contributed by atoms with Crippen LogP contribution in [0.15, 0.2) is 24.3 Å². The minimum atomic E-state index is -0.227. The maximum atomic E-state index is 9.66. The first-order valence-electron chi connectivity index (χ1n) is 6.15. The van der Waals surface area contributed by atoms with Crippen molar-refractivity contribution in [3.05, 3.63) is 35.4 Å². The molecule has 16 heavy (non-hydrogen) atoms. The molecule has 2 rings (SSSR count). The summed E-state index contributed by atoms with van der Waals surface area (Å²) in [6.07, 6.45) is 0.955. The van der Waals surface area contributed by atoms with E-state index in [1.807, 2.05) is 13.8 Å². The van der Waals surface area contributed by atoms with Crippen molar-refractivity contribution in [2.24, 2.45) is 5.92 Å². The molecule has 0 aliphatic heterocycles. The third-order valence-electron chi connectivity index (χ3n) is 3.47. The number of nitrogens with one attached hydrogen (secondary N) is 1. The maximum Gasteiger partial charge on any atom is 0.0687 e. The molecule has 1 aliphatic rings. The molecule has 2 atom stereocenters. The van der Waals surface area contributed by atoms with Crippen molar-refractivity contribution in [3.63, 3.8) is 0 Å². The van der Waals surface area contributed by atoms with Gasteiger partial charge in [0.05, 0.1) is 6.10 Å². The summed E-state index contributed by atoms with van der Waals surface area (Å²) in [5, 5.41) is 13.0. The molecule has 0 heterocycles. The molecular formula is C14H21NO. The van der Waals surface area contributed by atoms with Crippen molar-refractivity contribution < 1.29 is 5.11 Å². The van der Waals surface area contributed by atoms with Gasteiger partial charge in [0.15, 0.2) is 0 Å². The van der Waals surface area contributed by atoms with Gasteiger partial charge in [0, 0.05) is 19.0 Å². The lowest BCUT2D eigenvalue weighted by Crippen LogP contribution is -2.35. The van der Waals surface area contributed by atoms with Crippen LogP contribution < -0.4 is 5.32 Å². The smallest absolute Gasteiger partial charge is 0.0687 e. The van der Waals surface area contributed by atoms with E-state index in [9.17, 15) is 5.11 Å². The van der Waals surface area contributed by atoms with Gasteiger partial charge in [-0.25, -0.2) is 0 Å². The summed E-state index contributed by atoms with van der Waals surface area (Å²) >= 11 is 0. The van der Waals surface area contributed by atoms with Crippen LogP contribution >= 0.6 is 0 Å². The minimum absolute atomic E-state index is 0.227. The zero-order valence-electron chi connectivity index (χ0n) is 10.1. The molecule has 88 valence electrons. The second-order valence-electron chi connectivity index (χ2n) is 5.07. The summed E-state index contributed by atoms with van der Waals surface area (Å²) in [5.41, 5.74) is 2.97. The van der Waals surface area contributed by atoms with Crippen LogP contribution in [0.2, 0.25) is 0 Å². The number of aliphatic hydroxyl groups excluding tert-OH is 1. The first kappa shape index (κ1) is 11.6. The molecule has 0 amide bonds. The summed E-state index contributed by atoms with van der Waals surface area (Å²) in [6.45, 7) is 5.78. The van der Waals surface area contributed by atoms with Crippen molar-refractivity contribution in [1.29, 1.82) is 0 Å². The Morgan fingerprint density at radius 3 is 2.81 bits per heavy atom. The minimum Gasteiger partial charge on any atom is -0.392 e. The molecule has 2 unspecified atom stereocenters. The Balaban J connectivity index is 1.74. The Kier molecular flexibility index (Phi) is 3.62. The Hall–Kier alpha value is -0.860. The van der Waals surface area contributed by atoms with Gasteiger partial charge in [0.1, 0.15) is 0 Å². The van der Waals surface area contributed by atoms with Gasteiger partial charge in [-0.1, -0.05) is 38.1 Å². The number of aliphatic hydroxyl groups is 1. The molecular weight excluding hydrogens is 198 g/mol. The number of hydrogen-bond donors (Lipinski definition) is 2. The molecule has 0 radical (unpaired) electrons. The highest BCUT2D eigenvalue weighted by Crippen LogP contribution is 2.33. The van der Waals surface area contributed by atoms with Gasteiger partial charge in [-0.2, -0.15) is 0 Å². The second kappa shape index (κ2) is 4.98. The molecule has 2 heteroatoms. The SMILES string of the molecule is CC(C)C(O)CNCC1Cc2ccccc21. The van der Waals surface area contributed by atoms with Gasteiger partial charge in [-0.3, -0.25) is 0 Å². The van der Waals surface area contributed by atoms with Crippen molar-refractivity contribution in [2.75, 3.05) is 13.1 Å². The fraction of sp³-hybridized carbons (Fsp3) is 0.571. The molecule has 1 aromatic rings. The lowest BCUT2D eigenvalue weighted by Gasteiger charge is -2.30. The van der Waals surface area contributed by atoms with E-state index in [-0.39, 0.29) is 6.10 Å². The normalized spacial score (nSPS) is 20.4. The Labute approximate surface area is 97.7 Å². The van der Waals surface area contributed by atoms with Crippen LogP contribution in [0.5, 0.6) is 0 Å². The summed E-state index contributed by atoms with van der Waals surface area (Å²) in [6, 6.07) is 8.62. The molecule has 0 spiro atoms. The zero-order valence-corrected chi connectivity index (χ0v) is 10.1. The second-order valence-corrected chi connectivity index (χ2v) is 5.07. The van der Waals surface area contributed by atoms with Crippen molar-refractivity contribution in [2.45, 2.75) is 32.3 Å². The molecule has 0 saturated carbocycles. The Morgan fingerprint density at radius 1 is 1.38 bits per heavy atom. The van der Waals surface area contributed by atoms with E-state index >= 15 is 0 Å². The molecule has 0 bridgehead atoms. The van der Waals surface area contributed by atoms with Crippen LogP contribution in [0.1, 0.15) is 30.9 Å². The van der Waals surface area contributed by atoms with Crippen molar-refractivity contribution in [3.8, 4) is 0 Å². The van der Waals surface area contributed by atoms with E-state index < -0.39 is 0 Å². The predicted octanol–water partition coefficient (Wildman–Crippen LogP) is 1.93. The van der Waals surface area contributed by atoms with E-state index in [1.165, 1.54) is 17.5 Å². The molecule has 2 nitrogen and oxygen atoms in total. The van der Waals surface area contributed by atoms with Gasteiger partial charge in [0.2, 0.25) is 0 Å². The highest BCUT2D eigenvalue weighted by atomic mass is 16.3. The van der Waals surface area contributed by atoms with E-state index in [1.54, 1.807) is 0 Å². The number of fused-ring (bicyclic) bond motifs is 1. The van der Waals surface area contributed by atoms with Gasteiger partial charge < -0.3 is 10.4 Å². The molecule has 1 aliphatic carbocycles. The predicted molar refractivity (Wildman–Crippen MR) is 66.6 cm³/mol. The summed E-state index contributed by atoms with van der Waals surface area (Å²) in [7, 11) is 0. The molecule has 1 aromatic carbocycles. The number of hydrogen-bond acceptors (Lipinski definition) is 2. The van der Waals surface area contributed by atoms with E-state index in [4.69, 9.17) is 0 Å². The molecule has 0 fully saturated rings. The molecule has 0 aromatic heterocycles. The van der Waals surface area contributed by atoms with Crippen LogP contribution in [0.4, 0.5) is 0 Å². The zero-order chi connectivity index (χ0) is 11.5. The molecule has 0 saturated heterocycles. The summed E-state index contributed by atoms with van der Waals surface area (Å²) in [5.74, 6) is 0.983. The monoisotopic (exact) mass is 219 g/mol. The largest absolute Gasteiger partial charge is 0.392 e. The van der Waals surface area contributed by atoms with Gasteiger partial charge in [0.25, 0.3) is 0 Å². The quantitative estimate of drug-likeness (QED) is 0.793. The van der Waals surface area contributed by atoms with E-state index in [0.29, 0.717) is 18.4 Å². The van der Waals surface area contributed by atoms with Crippen molar-refractivity contribution in [1.82, 2.24) is 5.32 Å². The van der Waals surface area contributed by atoms with Gasteiger partial charge in [-0.15, -0.1) is 0 Å². The first-order valence-corrected chi connectivity index (χ1v) is 6.15. The fourth-order valence-electron chi connectivity index (χ4n) is 2.19. The number of benzene rings is 1. The lowest BCUT2D eigenvalue weighted by atomic mass is 9.77. The maximum absolute atomic E-state index is 9.66. The highest BCUT2D eigenvalue weighted by Gasteiger charge is 2.24. The van der Waals surface area contributed by atoms with Crippen LogP contribution in [0.3, 0.4) is 0 Å². The first-order chi connectivity index (χ1) is 7.68. The molecule has 2 N–H and O–H groups in total. The lowest BCUT2D eigenvalue weighted by molar-refractivity contribution is 0.123. The van der Waals surface area contributed by atoms with E-state index in [2.05, 4.69) is 29.6 Å². The summed E-state index contributed by atoms with van der Waals surface area (Å²) < 4.78 is 0. The average Bonchev–Trinajstić information content (AvgIpc) is 2.24. The van der Waals surface area contributed by atoms with Crippen LogP contribution in [0.25, 0.3) is 0 Å². The van der Waals surface area contributed by atoms with Gasteiger partial charge >= 0.3 is 0 Å². The van der Waals surface area contributed by atoms with Crippen LogP contribution in [-0.2, 0) is 6.42 Å². The van der Waals surface area contributed by atoms with Crippen LogP contribution in [0, 0.1) is 5.92 Å². The Morgan fingerprint density at radius 2 is 2.12 bits per heavy atom. The Bertz CT molecular complexity index is 348. The topological polar surface area (TPSA) is 32.3 Å².